The predicted molar refractivity (Wildman–Crippen MR) is 80.9 cm³/mol. The van der Waals surface area contributed by atoms with Gasteiger partial charge < -0.3 is 15.1 Å². The first-order valence-corrected chi connectivity index (χ1v) is 7.32. The normalized spacial score (nSPS) is 10.9. The summed E-state index contributed by atoms with van der Waals surface area (Å²) in [7, 11) is 0. The first kappa shape index (κ1) is 16.7. The highest BCUT2D eigenvalue weighted by molar-refractivity contribution is 7.14. The molecule has 0 atom stereocenters. The van der Waals surface area contributed by atoms with Crippen molar-refractivity contribution in [2.45, 2.75) is 33.3 Å². The van der Waals surface area contributed by atoms with Gasteiger partial charge in [-0.15, -0.1) is 11.3 Å². The summed E-state index contributed by atoms with van der Waals surface area (Å²) in [5.41, 5.74) is 0.0101. The number of aliphatic hydroxyl groups excluding tert-OH is 1. The Kier molecular flexibility index (Phi) is 5.75. The van der Waals surface area contributed by atoms with E-state index in [1.165, 1.54) is 11.3 Å². The number of nitrogens with zero attached hydrogens (tertiary/aromatic N) is 1. The smallest absolute Gasteiger partial charge is 0.264 e. The Bertz CT molecular complexity index is 532. The zero-order chi connectivity index (χ0) is 15.3. The lowest BCUT2D eigenvalue weighted by molar-refractivity contribution is 0.0317. The minimum Gasteiger partial charge on any atom is -0.389 e. The van der Waals surface area contributed by atoms with E-state index in [0.29, 0.717) is 11.4 Å². The molecular weight excluding hydrogens is 274 g/mol. The number of thiophene rings is 1. The molecule has 0 saturated heterocycles. The number of hydrogen-bond acceptors (Lipinski definition) is 4. The lowest BCUT2D eigenvalue weighted by atomic mass is 10.1. The Hall–Kier alpha value is -1.35. The summed E-state index contributed by atoms with van der Waals surface area (Å²) >= 11 is 1.32. The summed E-state index contributed by atoms with van der Waals surface area (Å²) in [6.45, 7) is 7.77. The van der Waals surface area contributed by atoms with Crippen molar-refractivity contribution in [3.63, 3.8) is 0 Å². The number of rotatable bonds is 4. The highest BCUT2D eigenvalue weighted by atomic mass is 32.1. The van der Waals surface area contributed by atoms with Crippen molar-refractivity contribution in [3.05, 3.63) is 21.4 Å². The number of aryl methyl sites for hydroxylation is 1. The van der Waals surface area contributed by atoms with Crippen molar-refractivity contribution in [1.82, 2.24) is 4.90 Å². The van der Waals surface area contributed by atoms with Gasteiger partial charge in [0.05, 0.1) is 15.4 Å². The van der Waals surface area contributed by atoms with Gasteiger partial charge in [0.2, 0.25) is 0 Å². The molecule has 1 aromatic rings. The van der Waals surface area contributed by atoms with Gasteiger partial charge in [-0.25, -0.2) is 0 Å². The molecule has 0 bridgehead atoms. The molecule has 0 radical (unpaired) electrons. The SMILES string of the molecule is CCN(CC(C)(C)O)C(=O)c1cc(C)c(C#CCO)s1. The fraction of sp³-hybridized carbons (Fsp3) is 0.533. The third-order valence-corrected chi connectivity index (χ3v) is 3.80. The quantitative estimate of drug-likeness (QED) is 0.830. The van der Waals surface area contributed by atoms with Crippen LogP contribution in [0.15, 0.2) is 6.07 Å². The molecule has 1 aromatic heterocycles. The van der Waals surface area contributed by atoms with Gasteiger partial charge >= 0.3 is 0 Å². The third-order valence-electron chi connectivity index (χ3n) is 2.66. The van der Waals surface area contributed by atoms with Gasteiger partial charge in [0.1, 0.15) is 6.61 Å². The standard InChI is InChI=1S/C15H21NO3S/c1-5-16(10-15(3,4)19)14(18)13-9-11(2)12(20-13)7-6-8-17/h9,17,19H,5,8,10H2,1-4H3. The van der Waals surface area contributed by atoms with Crippen molar-refractivity contribution >= 4 is 17.2 Å². The van der Waals surface area contributed by atoms with E-state index in [1.807, 2.05) is 13.8 Å². The van der Waals surface area contributed by atoms with Gasteiger partial charge in [-0.2, -0.15) is 0 Å². The molecule has 0 saturated carbocycles. The zero-order valence-corrected chi connectivity index (χ0v) is 13.2. The Labute approximate surface area is 124 Å². The van der Waals surface area contributed by atoms with Crippen molar-refractivity contribution in [2.75, 3.05) is 19.7 Å². The number of amides is 1. The van der Waals surface area contributed by atoms with E-state index in [-0.39, 0.29) is 19.1 Å². The van der Waals surface area contributed by atoms with Crippen LogP contribution in [0.5, 0.6) is 0 Å². The maximum Gasteiger partial charge on any atom is 0.264 e. The molecule has 0 aromatic carbocycles. The summed E-state index contributed by atoms with van der Waals surface area (Å²) in [5, 5.41) is 18.6. The van der Waals surface area contributed by atoms with E-state index >= 15 is 0 Å². The van der Waals surface area contributed by atoms with Crippen LogP contribution in [0.4, 0.5) is 0 Å². The minimum absolute atomic E-state index is 0.0974. The first-order valence-electron chi connectivity index (χ1n) is 6.50. The van der Waals surface area contributed by atoms with Crippen LogP contribution in [0.2, 0.25) is 0 Å². The van der Waals surface area contributed by atoms with Crippen LogP contribution >= 0.6 is 11.3 Å². The van der Waals surface area contributed by atoms with Crippen molar-refractivity contribution < 1.29 is 15.0 Å². The molecule has 4 nitrogen and oxygen atoms in total. The summed E-state index contributed by atoms with van der Waals surface area (Å²) in [5.74, 6) is 5.33. The number of likely N-dealkylation sites (N-methyl/N-ethyl adjacent to an activating group) is 1. The van der Waals surface area contributed by atoms with Crippen LogP contribution in [0.3, 0.4) is 0 Å². The third kappa shape index (κ3) is 4.64. The fourth-order valence-electron chi connectivity index (χ4n) is 1.78. The van der Waals surface area contributed by atoms with E-state index in [9.17, 15) is 9.90 Å². The van der Waals surface area contributed by atoms with Crippen LogP contribution in [-0.2, 0) is 0 Å². The van der Waals surface area contributed by atoms with Crippen LogP contribution < -0.4 is 0 Å². The number of aliphatic hydroxyl groups is 2. The van der Waals surface area contributed by atoms with Crippen LogP contribution in [-0.4, -0.2) is 46.3 Å². The van der Waals surface area contributed by atoms with E-state index in [0.717, 1.165) is 10.4 Å². The minimum atomic E-state index is -0.919. The second kappa shape index (κ2) is 6.89. The lowest BCUT2D eigenvalue weighted by Gasteiger charge is -2.27. The van der Waals surface area contributed by atoms with Crippen molar-refractivity contribution in [3.8, 4) is 11.8 Å². The molecule has 110 valence electrons. The Morgan fingerprint density at radius 3 is 2.65 bits per heavy atom. The van der Waals surface area contributed by atoms with Crippen molar-refractivity contribution in [1.29, 1.82) is 0 Å². The second-order valence-electron chi connectivity index (χ2n) is 5.21. The van der Waals surface area contributed by atoms with Crippen LogP contribution in [0.25, 0.3) is 0 Å². The van der Waals surface area contributed by atoms with Gasteiger partial charge in [-0.05, 0) is 39.3 Å². The fourth-order valence-corrected chi connectivity index (χ4v) is 2.80. The number of carbonyl (C=O) groups excluding carboxylic acids is 1. The van der Waals surface area contributed by atoms with Gasteiger partial charge in [0.15, 0.2) is 0 Å². The molecule has 0 aliphatic carbocycles. The molecule has 5 heteroatoms. The lowest BCUT2D eigenvalue weighted by Crippen LogP contribution is -2.41. The van der Waals surface area contributed by atoms with E-state index in [4.69, 9.17) is 5.11 Å². The summed E-state index contributed by atoms with van der Waals surface area (Å²) in [6.07, 6.45) is 0. The summed E-state index contributed by atoms with van der Waals surface area (Å²) in [6, 6.07) is 1.81. The molecule has 0 spiro atoms. The van der Waals surface area contributed by atoms with Gasteiger partial charge in [0, 0.05) is 13.1 Å². The molecule has 0 unspecified atom stereocenters. The van der Waals surface area contributed by atoms with Gasteiger partial charge in [-0.3, -0.25) is 4.79 Å². The molecule has 1 heterocycles. The number of carbonyl (C=O) groups is 1. The molecule has 0 aliphatic rings. The first-order chi connectivity index (χ1) is 9.28. The highest BCUT2D eigenvalue weighted by Gasteiger charge is 2.23. The van der Waals surface area contributed by atoms with Crippen molar-refractivity contribution in [2.24, 2.45) is 0 Å². The highest BCUT2D eigenvalue weighted by Crippen LogP contribution is 2.23. The number of hydrogen-bond donors (Lipinski definition) is 2. The molecule has 20 heavy (non-hydrogen) atoms. The van der Waals surface area contributed by atoms with Crippen LogP contribution in [0, 0.1) is 18.8 Å². The largest absolute Gasteiger partial charge is 0.389 e. The van der Waals surface area contributed by atoms with Gasteiger partial charge in [0.25, 0.3) is 5.91 Å². The van der Waals surface area contributed by atoms with Gasteiger partial charge in [-0.1, -0.05) is 11.8 Å². The average molecular weight is 295 g/mol. The molecular formula is C15H21NO3S. The maximum absolute atomic E-state index is 12.4. The average Bonchev–Trinajstić information content (AvgIpc) is 2.73. The molecule has 1 rings (SSSR count). The molecule has 2 N–H and O–H groups in total. The topological polar surface area (TPSA) is 60.8 Å². The molecule has 0 fully saturated rings. The summed E-state index contributed by atoms with van der Waals surface area (Å²) < 4.78 is 0. The van der Waals surface area contributed by atoms with Crippen LogP contribution in [0.1, 0.15) is 40.9 Å². The second-order valence-corrected chi connectivity index (χ2v) is 6.27. The molecule has 0 aliphatic heterocycles. The zero-order valence-electron chi connectivity index (χ0n) is 12.4. The monoisotopic (exact) mass is 295 g/mol. The predicted octanol–water partition coefficient (Wildman–Crippen LogP) is 1.63. The Balaban J connectivity index is 2.96. The van der Waals surface area contributed by atoms with E-state index < -0.39 is 5.60 Å². The Morgan fingerprint density at radius 1 is 1.50 bits per heavy atom. The Morgan fingerprint density at radius 2 is 2.15 bits per heavy atom. The summed E-state index contributed by atoms with van der Waals surface area (Å²) in [4.78, 5) is 15.4. The molecule has 1 amide bonds. The van der Waals surface area contributed by atoms with E-state index in [2.05, 4.69) is 11.8 Å². The maximum atomic E-state index is 12.4. The van der Waals surface area contributed by atoms with E-state index in [1.54, 1.807) is 24.8 Å².